The van der Waals surface area contributed by atoms with Crippen LogP contribution in [0.5, 0.6) is 0 Å². The van der Waals surface area contributed by atoms with Crippen LogP contribution in [-0.2, 0) is 14.3 Å². The first-order valence-corrected chi connectivity index (χ1v) is 11.3. The molecule has 3 heterocycles. The number of Topliss-reactive ketones (excluding diaryl/α,β-unsaturated/α-hetero) is 1. The van der Waals surface area contributed by atoms with Crippen LogP contribution in [0.4, 0.5) is 9.52 Å². The fraction of sp³-hybridized carbons (Fsp3) is 0.292. The first-order valence-electron chi connectivity index (χ1n) is 10.5. The van der Waals surface area contributed by atoms with Gasteiger partial charge < -0.3 is 4.74 Å². The molecule has 1 fully saturated rings. The number of fused-ring (bicyclic) bond motifs is 2. The van der Waals surface area contributed by atoms with E-state index in [1.165, 1.54) is 28.4 Å². The summed E-state index contributed by atoms with van der Waals surface area (Å²) in [5.41, 5.74) is 1.67. The summed E-state index contributed by atoms with van der Waals surface area (Å²) in [7, 11) is 0. The van der Waals surface area contributed by atoms with Crippen molar-refractivity contribution in [1.29, 1.82) is 0 Å². The molecule has 3 atom stereocenters. The zero-order valence-corrected chi connectivity index (χ0v) is 17.4. The number of anilines is 1. The van der Waals surface area contributed by atoms with Crippen molar-refractivity contribution in [2.24, 2.45) is 5.92 Å². The topological polar surface area (TPSA) is 59.5 Å². The highest BCUT2D eigenvalue weighted by Gasteiger charge is 2.53. The summed E-state index contributed by atoms with van der Waals surface area (Å²) >= 11 is 1.38. The van der Waals surface area contributed by atoms with E-state index in [2.05, 4.69) is 4.98 Å². The number of nitrogens with zero attached hydrogens (tertiary/aromatic N) is 2. The second kappa shape index (κ2) is 6.99. The zero-order chi connectivity index (χ0) is 21.1. The number of hydrogen-bond donors (Lipinski definition) is 0. The van der Waals surface area contributed by atoms with E-state index in [1.807, 2.05) is 24.3 Å². The summed E-state index contributed by atoms with van der Waals surface area (Å²) in [5.74, 6) is -0.964. The number of carbonyl (C=O) groups excluding carboxylic acids is 2. The number of rotatable bonds is 2. The Bertz CT molecular complexity index is 1230. The van der Waals surface area contributed by atoms with E-state index in [0.29, 0.717) is 16.3 Å². The van der Waals surface area contributed by atoms with Gasteiger partial charge in [-0.15, -0.1) is 0 Å². The molecule has 0 radical (unpaired) electrons. The lowest BCUT2D eigenvalue weighted by atomic mass is 9.77. The SMILES string of the molecule is O=C1C2=C(OC3CCCCC13)C(=O)N(c1nc3ccccc3s1)C2c1cccc(F)c1. The lowest BCUT2D eigenvalue weighted by Gasteiger charge is -2.35. The number of carbonyl (C=O) groups is 2. The number of amides is 1. The van der Waals surface area contributed by atoms with Crippen LogP contribution in [0.2, 0.25) is 0 Å². The minimum atomic E-state index is -0.742. The molecule has 0 bridgehead atoms. The van der Waals surface area contributed by atoms with Crippen LogP contribution < -0.4 is 4.90 Å². The molecule has 5 nitrogen and oxygen atoms in total. The van der Waals surface area contributed by atoms with Gasteiger partial charge in [0.1, 0.15) is 11.9 Å². The Hall–Kier alpha value is -3.06. The standard InChI is InChI=1S/C24H19FN2O3S/c25-14-7-5-6-13(12-14)20-19-21(28)15-8-1-3-10-17(15)30-22(19)23(29)27(20)24-26-16-9-2-4-11-18(16)31-24/h2,4-7,9,11-12,15,17,20H,1,3,8,10H2. The number of para-hydroxylation sites is 1. The third-order valence-corrected chi connectivity index (χ3v) is 7.45. The average molecular weight is 434 g/mol. The molecule has 156 valence electrons. The quantitative estimate of drug-likeness (QED) is 0.574. The second-order valence-corrected chi connectivity index (χ2v) is 9.26. The molecular formula is C24H19FN2O3S. The first kappa shape index (κ1) is 18.7. The monoisotopic (exact) mass is 434 g/mol. The molecule has 2 aliphatic heterocycles. The smallest absolute Gasteiger partial charge is 0.296 e. The Labute approximate surface area is 182 Å². The number of thiazole rings is 1. The van der Waals surface area contributed by atoms with Gasteiger partial charge in [0, 0.05) is 0 Å². The molecule has 6 rings (SSSR count). The van der Waals surface area contributed by atoms with Crippen molar-refractivity contribution in [2.75, 3.05) is 4.90 Å². The van der Waals surface area contributed by atoms with E-state index < -0.39 is 11.9 Å². The van der Waals surface area contributed by atoms with Crippen LogP contribution >= 0.6 is 11.3 Å². The number of benzene rings is 2. The lowest BCUT2D eigenvalue weighted by molar-refractivity contribution is -0.131. The van der Waals surface area contributed by atoms with Crippen molar-refractivity contribution in [3.8, 4) is 0 Å². The molecule has 0 spiro atoms. The fourth-order valence-electron chi connectivity index (χ4n) is 5.00. The number of halogens is 1. The maximum absolute atomic E-state index is 14.2. The third kappa shape index (κ3) is 2.83. The Morgan fingerprint density at radius 2 is 1.90 bits per heavy atom. The highest BCUT2D eigenvalue weighted by molar-refractivity contribution is 7.22. The molecule has 1 amide bonds. The Kier molecular flexibility index (Phi) is 4.21. The van der Waals surface area contributed by atoms with Gasteiger partial charge in [-0.3, -0.25) is 14.5 Å². The van der Waals surface area contributed by atoms with Crippen molar-refractivity contribution in [3.05, 3.63) is 71.2 Å². The number of aromatic nitrogens is 1. The van der Waals surface area contributed by atoms with Crippen molar-refractivity contribution < 1.29 is 18.7 Å². The molecule has 0 N–H and O–H groups in total. The molecule has 1 saturated carbocycles. The van der Waals surface area contributed by atoms with Crippen LogP contribution in [0.25, 0.3) is 10.2 Å². The van der Waals surface area contributed by atoms with Crippen LogP contribution in [0.3, 0.4) is 0 Å². The van der Waals surface area contributed by atoms with Crippen LogP contribution in [0.15, 0.2) is 59.9 Å². The van der Waals surface area contributed by atoms with Gasteiger partial charge >= 0.3 is 0 Å². The van der Waals surface area contributed by atoms with Gasteiger partial charge in [0.15, 0.2) is 16.7 Å². The Morgan fingerprint density at radius 3 is 2.74 bits per heavy atom. The Balaban J connectivity index is 1.53. The van der Waals surface area contributed by atoms with Crippen molar-refractivity contribution in [2.45, 2.75) is 37.8 Å². The molecule has 1 aromatic heterocycles. The van der Waals surface area contributed by atoms with Crippen molar-refractivity contribution in [1.82, 2.24) is 4.98 Å². The normalized spacial score (nSPS) is 25.6. The van der Waals surface area contributed by atoms with Crippen LogP contribution in [-0.4, -0.2) is 22.8 Å². The molecule has 2 aromatic carbocycles. The summed E-state index contributed by atoms with van der Waals surface area (Å²) in [4.78, 5) is 33.3. The van der Waals surface area contributed by atoms with E-state index in [1.54, 1.807) is 12.1 Å². The number of hydrogen-bond acceptors (Lipinski definition) is 5. The largest absolute Gasteiger partial charge is 0.483 e. The molecule has 31 heavy (non-hydrogen) atoms. The van der Waals surface area contributed by atoms with E-state index in [0.717, 1.165) is 35.9 Å². The van der Waals surface area contributed by atoms with Crippen LogP contribution in [0.1, 0.15) is 37.3 Å². The predicted molar refractivity (Wildman–Crippen MR) is 115 cm³/mol. The summed E-state index contributed by atoms with van der Waals surface area (Å²) < 4.78 is 21.3. The van der Waals surface area contributed by atoms with Gasteiger partial charge in [0.2, 0.25) is 0 Å². The molecule has 3 aromatic rings. The predicted octanol–water partition coefficient (Wildman–Crippen LogP) is 4.94. The lowest BCUT2D eigenvalue weighted by Crippen LogP contribution is -2.39. The van der Waals surface area contributed by atoms with E-state index in [9.17, 15) is 14.0 Å². The minimum Gasteiger partial charge on any atom is -0.483 e. The minimum absolute atomic E-state index is 0.0443. The fourth-order valence-corrected chi connectivity index (χ4v) is 5.99. The Morgan fingerprint density at radius 1 is 1.06 bits per heavy atom. The van der Waals surface area contributed by atoms with E-state index >= 15 is 0 Å². The second-order valence-electron chi connectivity index (χ2n) is 8.25. The van der Waals surface area contributed by atoms with E-state index in [4.69, 9.17) is 4.74 Å². The average Bonchev–Trinajstić information content (AvgIpc) is 3.33. The van der Waals surface area contributed by atoms with Gasteiger partial charge in [0.25, 0.3) is 5.91 Å². The van der Waals surface area contributed by atoms with Gasteiger partial charge in [0.05, 0.1) is 27.7 Å². The molecule has 1 aliphatic carbocycles. The molecule has 3 unspecified atom stereocenters. The van der Waals surface area contributed by atoms with Crippen molar-refractivity contribution >= 4 is 38.4 Å². The highest BCUT2D eigenvalue weighted by Crippen LogP contribution is 2.49. The number of ketones is 1. The molecule has 7 heteroatoms. The molecular weight excluding hydrogens is 415 g/mol. The maximum atomic E-state index is 14.2. The maximum Gasteiger partial charge on any atom is 0.296 e. The van der Waals surface area contributed by atoms with Gasteiger partial charge in [-0.1, -0.05) is 42.0 Å². The highest BCUT2D eigenvalue weighted by atomic mass is 32.1. The van der Waals surface area contributed by atoms with Gasteiger partial charge in [-0.05, 0) is 49.1 Å². The summed E-state index contributed by atoms with van der Waals surface area (Å²) in [5, 5.41) is 0.481. The number of ether oxygens (including phenoxy) is 1. The zero-order valence-electron chi connectivity index (χ0n) is 16.6. The summed E-state index contributed by atoms with van der Waals surface area (Å²) in [6, 6.07) is 13.0. The third-order valence-electron chi connectivity index (χ3n) is 6.42. The summed E-state index contributed by atoms with van der Waals surface area (Å²) in [6.45, 7) is 0. The molecule has 0 saturated heterocycles. The van der Waals surface area contributed by atoms with Gasteiger partial charge in [-0.25, -0.2) is 9.37 Å². The molecule has 3 aliphatic rings. The summed E-state index contributed by atoms with van der Waals surface area (Å²) in [6.07, 6.45) is 3.23. The van der Waals surface area contributed by atoms with Crippen molar-refractivity contribution in [3.63, 3.8) is 0 Å². The first-order chi connectivity index (χ1) is 15.1. The van der Waals surface area contributed by atoms with Gasteiger partial charge in [-0.2, -0.15) is 0 Å². The van der Waals surface area contributed by atoms with E-state index in [-0.39, 0.29) is 29.5 Å². The van der Waals surface area contributed by atoms with Crippen LogP contribution in [0, 0.1) is 11.7 Å².